The number of nitrogens with zero attached hydrogens (tertiary/aromatic N) is 2. The summed E-state index contributed by atoms with van der Waals surface area (Å²) in [6, 6.07) is 0. The third-order valence-electron chi connectivity index (χ3n) is 9.46. The molecule has 0 unspecified atom stereocenters. The van der Waals surface area contributed by atoms with Crippen LogP contribution < -0.4 is 0 Å². The van der Waals surface area contributed by atoms with E-state index >= 15 is 0 Å². The molecule has 0 fully saturated rings. The van der Waals surface area contributed by atoms with Crippen molar-refractivity contribution < 1.29 is 18.3 Å². The molecule has 5 rings (SSSR count). The molecule has 0 aromatic carbocycles. The molecule has 4 aliphatic carbocycles. The largest absolute Gasteiger partial charge is 0.508 e. The molecular formula is C35H43F3N2O. The number of aliphatic hydroxyl groups excluding tert-OH is 1. The number of unbranched alkanes of at least 4 members (excludes halogenated alkanes) is 9. The van der Waals surface area contributed by atoms with Crippen molar-refractivity contribution in [2.45, 2.75) is 104 Å². The second-order valence-electron chi connectivity index (χ2n) is 12.5. The summed E-state index contributed by atoms with van der Waals surface area (Å²) in [5.41, 5.74) is 4.95. The fourth-order valence-corrected chi connectivity index (χ4v) is 7.02. The lowest BCUT2D eigenvalue weighted by atomic mass is 9.61. The molecule has 0 aliphatic heterocycles. The number of alkyl halides is 3. The Hall–Kier alpha value is -3.02. The summed E-state index contributed by atoms with van der Waals surface area (Å²) in [6.45, 7) is 6.57. The highest BCUT2D eigenvalue weighted by atomic mass is 19.4. The molecule has 0 spiro atoms. The number of aromatic nitrogens is 2. The van der Waals surface area contributed by atoms with Gasteiger partial charge in [-0.3, -0.25) is 0 Å². The minimum atomic E-state index is -4.48. The zero-order valence-corrected chi connectivity index (χ0v) is 24.7. The van der Waals surface area contributed by atoms with Crippen LogP contribution in [0.2, 0.25) is 0 Å². The van der Waals surface area contributed by atoms with Gasteiger partial charge < -0.3 is 9.67 Å². The Morgan fingerprint density at radius 1 is 0.927 bits per heavy atom. The number of halogens is 3. The van der Waals surface area contributed by atoms with Crippen LogP contribution in [0.5, 0.6) is 0 Å². The minimum absolute atomic E-state index is 0.259. The maximum Gasteiger partial charge on any atom is 0.434 e. The van der Waals surface area contributed by atoms with Crippen LogP contribution in [0.3, 0.4) is 0 Å². The van der Waals surface area contributed by atoms with Crippen LogP contribution >= 0.6 is 0 Å². The predicted octanol–water partition coefficient (Wildman–Crippen LogP) is 10.6. The number of rotatable bonds is 12. The fourth-order valence-electron chi connectivity index (χ4n) is 7.02. The molecule has 0 saturated heterocycles. The van der Waals surface area contributed by atoms with E-state index in [1.807, 2.05) is 12.2 Å². The van der Waals surface area contributed by atoms with Crippen LogP contribution in [-0.4, -0.2) is 14.7 Å². The van der Waals surface area contributed by atoms with Gasteiger partial charge >= 0.3 is 6.18 Å². The molecule has 0 radical (unpaired) electrons. The van der Waals surface area contributed by atoms with Gasteiger partial charge in [0.15, 0.2) is 5.69 Å². The monoisotopic (exact) mass is 564 g/mol. The highest BCUT2D eigenvalue weighted by Gasteiger charge is 2.47. The summed E-state index contributed by atoms with van der Waals surface area (Å²) in [6.07, 6.45) is 26.5. The topological polar surface area (TPSA) is 38.0 Å². The van der Waals surface area contributed by atoms with Gasteiger partial charge in [-0.05, 0) is 72.3 Å². The van der Waals surface area contributed by atoms with Crippen molar-refractivity contribution in [3.8, 4) is 0 Å². The van der Waals surface area contributed by atoms with Crippen molar-refractivity contribution in [2.24, 2.45) is 10.8 Å². The van der Waals surface area contributed by atoms with Gasteiger partial charge in [0.2, 0.25) is 0 Å². The third-order valence-corrected chi connectivity index (χ3v) is 9.46. The van der Waals surface area contributed by atoms with Crippen molar-refractivity contribution in [2.75, 3.05) is 0 Å². The highest BCUT2D eigenvalue weighted by molar-refractivity contribution is 5.80. The first-order valence-electron chi connectivity index (χ1n) is 15.4. The maximum atomic E-state index is 13.4. The molecule has 0 saturated carbocycles. The van der Waals surface area contributed by atoms with Gasteiger partial charge in [0, 0.05) is 17.3 Å². The van der Waals surface area contributed by atoms with E-state index in [2.05, 4.69) is 56.1 Å². The fraction of sp³-hybridized carbons (Fsp3) is 0.514. The Labute approximate surface area is 242 Å². The molecule has 41 heavy (non-hydrogen) atoms. The molecule has 1 aromatic rings. The number of imidazole rings is 1. The van der Waals surface area contributed by atoms with Crippen LogP contribution in [0.4, 0.5) is 13.2 Å². The van der Waals surface area contributed by atoms with Crippen LogP contribution in [0, 0.1) is 10.8 Å². The minimum Gasteiger partial charge on any atom is -0.508 e. The molecule has 1 N–H and O–H groups in total. The maximum absolute atomic E-state index is 13.4. The Morgan fingerprint density at radius 2 is 1.61 bits per heavy atom. The zero-order chi connectivity index (χ0) is 29.3. The van der Waals surface area contributed by atoms with Gasteiger partial charge in [0.1, 0.15) is 5.76 Å². The van der Waals surface area contributed by atoms with E-state index in [-0.39, 0.29) is 5.41 Å². The second kappa shape index (κ2) is 11.7. The second-order valence-corrected chi connectivity index (χ2v) is 12.5. The molecule has 4 aliphatic rings. The highest BCUT2D eigenvalue weighted by Crippen LogP contribution is 2.59. The summed E-state index contributed by atoms with van der Waals surface area (Å²) in [7, 11) is 0. The van der Waals surface area contributed by atoms with E-state index in [4.69, 9.17) is 0 Å². The average molecular weight is 565 g/mol. The molecule has 3 nitrogen and oxygen atoms in total. The first-order chi connectivity index (χ1) is 19.6. The smallest absolute Gasteiger partial charge is 0.434 e. The number of hydrogen-bond acceptors (Lipinski definition) is 2. The molecule has 220 valence electrons. The SMILES string of the molecule is CCCCCCCCCCCCC1=C2C3=C(C=C[C@]2(C)C(n2cnc(C(F)(F)F)c2)=C1)[C@]1(C)CC=C(O)C=C1C=C3. The van der Waals surface area contributed by atoms with E-state index < -0.39 is 17.3 Å². The van der Waals surface area contributed by atoms with Gasteiger partial charge in [-0.1, -0.05) is 95.9 Å². The van der Waals surface area contributed by atoms with E-state index in [1.54, 1.807) is 4.57 Å². The Bertz CT molecular complexity index is 1380. The number of fused-ring (bicyclic) bond motifs is 4. The summed E-state index contributed by atoms with van der Waals surface area (Å²) < 4.78 is 41.9. The lowest BCUT2D eigenvalue weighted by Gasteiger charge is -2.43. The quantitative estimate of drug-likeness (QED) is 0.256. The van der Waals surface area contributed by atoms with Crippen molar-refractivity contribution in [3.63, 3.8) is 0 Å². The van der Waals surface area contributed by atoms with Gasteiger partial charge in [-0.25, -0.2) is 4.98 Å². The van der Waals surface area contributed by atoms with Gasteiger partial charge in [-0.15, -0.1) is 0 Å². The molecule has 0 amide bonds. The zero-order valence-electron chi connectivity index (χ0n) is 24.7. The van der Waals surface area contributed by atoms with Crippen LogP contribution in [-0.2, 0) is 6.18 Å². The molecule has 1 aromatic heterocycles. The van der Waals surface area contributed by atoms with Crippen molar-refractivity contribution in [3.05, 3.63) is 94.4 Å². The van der Waals surface area contributed by atoms with Gasteiger partial charge in [0.25, 0.3) is 0 Å². The first-order valence-corrected chi connectivity index (χ1v) is 15.4. The molecule has 1 heterocycles. The third kappa shape index (κ3) is 5.72. The van der Waals surface area contributed by atoms with Gasteiger partial charge in [0.05, 0.1) is 11.7 Å². The van der Waals surface area contributed by atoms with E-state index in [0.717, 1.165) is 42.3 Å². The van der Waals surface area contributed by atoms with E-state index in [1.165, 1.54) is 74.4 Å². The molecular weight excluding hydrogens is 521 g/mol. The van der Waals surface area contributed by atoms with Gasteiger partial charge in [-0.2, -0.15) is 13.2 Å². The number of hydrogen-bond donors (Lipinski definition) is 1. The standard InChI is InChI=1S/C35H43F3N2O/c1-4-5-6-7-8-9-10-11-12-13-14-25-21-31(40-23-30(39-24-40)35(36,37)38)34(3)20-18-29-28(32(25)34)16-15-26-22-27(41)17-19-33(26,29)2/h15-18,20-24,41H,4-14,19H2,1-3H3/t33-,34-/m1/s1. The number of allylic oxidation sites excluding steroid dienone is 13. The summed E-state index contributed by atoms with van der Waals surface area (Å²) in [5, 5.41) is 10.1. The first kappa shape index (κ1) is 29.5. The molecule has 0 bridgehead atoms. The normalized spacial score (nSPS) is 25.2. The van der Waals surface area contributed by atoms with E-state index in [0.29, 0.717) is 12.2 Å². The van der Waals surface area contributed by atoms with E-state index in [9.17, 15) is 18.3 Å². The Morgan fingerprint density at radius 3 is 2.27 bits per heavy atom. The average Bonchev–Trinajstić information content (AvgIpc) is 3.53. The van der Waals surface area contributed by atoms with Crippen LogP contribution in [0.25, 0.3) is 5.70 Å². The lowest BCUT2D eigenvalue weighted by Crippen LogP contribution is -2.31. The lowest BCUT2D eigenvalue weighted by molar-refractivity contribution is -0.140. The van der Waals surface area contributed by atoms with Crippen molar-refractivity contribution in [1.29, 1.82) is 0 Å². The number of aliphatic hydroxyl groups is 1. The van der Waals surface area contributed by atoms with Crippen molar-refractivity contribution >= 4 is 5.70 Å². The summed E-state index contributed by atoms with van der Waals surface area (Å²) in [4.78, 5) is 3.70. The van der Waals surface area contributed by atoms with Crippen molar-refractivity contribution in [1.82, 2.24) is 9.55 Å². The summed E-state index contributed by atoms with van der Waals surface area (Å²) in [5.74, 6) is 0.294. The predicted molar refractivity (Wildman–Crippen MR) is 160 cm³/mol. The van der Waals surface area contributed by atoms with Crippen LogP contribution in [0.1, 0.15) is 104 Å². The van der Waals surface area contributed by atoms with Crippen LogP contribution in [0.15, 0.2) is 88.7 Å². The Kier molecular flexibility index (Phi) is 8.41. The molecule has 6 heteroatoms. The Balaban J connectivity index is 1.39. The summed E-state index contributed by atoms with van der Waals surface area (Å²) >= 11 is 0. The molecule has 2 atom stereocenters.